The maximum atomic E-state index is 9.67. The highest BCUT2D eigenvalue weighted by Gasteiger charge is 2.52. The summed E-state index contributed by atoms with van der Waals surface area (Å²) < 4.78 is 11.9. The molecule has 22 heavy (non-hydrogen) atoms. The fraction of sp³-hybridized carbons (Fsp3) is 0.529. The van der Waals surface area contributed by atoms with Gasteiger partial charge in [-0.15, -0.1) is 0 Å². The minimum Gasteiger partial charge on any atom is -0.400 e. The van der Waals surface area contributed by atoms with E-state index >= 15 is 0 Å². The Morgan fingerprint density at radius 1 is 1.05 bits per heavy atom. The second-order valence-corrected chi connectivity index (χ2v) is 6.68. The monoisotopic (exact) mass is 304 g/mol. The molecule has 1 aromatic carbocycles. The van der Waals surface area contributed by atoms with Crippen LogP contribution in [-0.4, -0.2) is 41.7 Å². The van der Waals surface area contributed by atoms with Crippen molar-refractivity contribution in [1.29, 1.82) is 0 Å². The van der Waals surface area contributed by atoms with Crippen LogP contribution in [0.3, 0.4) is 0 Å². The highest BCUT2D eigenvalue weighted by molar-refractivity contribution is 6.55. The van der Waals surface area contributed by atoms with Crippen molar-refractivity contribution >= 4 is 13.2 Å². The van der Waals surface area contributed by atoms with Gasteiger partial charge in [0.15, 0.2) is 0 Å². The first-order chi connectivity index (χ1) is 10.3. The molecule has 0 bridgehead atoms. The van der Waals surface area contributed by atoms with Crippen LogP contribution in [0.15, 0.2) is 29.7 Å². The van der Waals surface area contributed by atoms with Gasteiger partial charge in [-0.25, -0.2) is 0 Å². The van der Waals surface area contributed by atoms with Crippen molar-refractivity contribution in [3.8, 4) is 0 Å². The van der Waals surface area contributed by atoms with Crippen molar-refractivity contribution in [2.75, 3.05) is 13.2 Å². The van der Waals surface area contributed by atoms with Crippen molar-refractivity contribution in [2.45, 2.75) is 45.3 Å². The first kappa shape index (κ1) is 17.2. The first-order valence-electron chi connectivity index (χ1n) is 7.66. The molecule has 0 radical (unpaired) electrons. The molecule has 1 fully saturated rings. The quantitative estimate of drug-likeness (QED) is 0.819. The Morgan fingerprint density at radius 3 is 2.05 bits per heavy atom. The molecule has 1 aliphatic heterocycles. The summed E-state index contributed by atoms with van der Waals surface area (Å²) in [6.07, 6.45) is 2.54. The Bertz CT molecular complexity index is 518. The summed E-state index contributed by atoms with van der Waals surface area (Å²) in [5.41, 5.74) is 1.92. The number of aliphatic hydroxyl groups is 2. The minimum absolute atomic E-state index is 0.116. The average molecular weight is 304 g/mol. The molecule has 5 heteroatoms. The molecule has 1 heterocycles. The Kier molecular flexibility index (Phi) is 5.12. The van der Waals surface area contributed by atoms with Gasteiger partial charge < -0.3 is 19.5 Å². The zero-order chi connectivity index (χ0) is 16.4. The third-order valence-electron chi connectivity index (χ3n) is 4.47. The van der Waals surface area contributed by atoms with Crippen LogP contribution in [0.25, 0.3) is 6.08 Å². The molecule has 1 aliphatic rings. The molecule has 0 atom stereocenters. The van der Waals surface area contributed by atoms with Gasteiger partial charge in [-0.2, -0.15) is 0 Å². The van der Waals surface area contributed by atoms with Crippen LogP contribution in [-0.2, 0) is 15.7 Å². The van der Waals surface area contributed by atoms with Crippen molar-refractivity contribution in [3.05, 3.63) is 40.9 Å². The Balaban J connectivity index is 2.18. The maximum Gasteiger partial charge on any atom is 0.492 e. The molecule has 4 nitrogen and oxygen atoms in total. The van der Waals surface area contributed by atoms with Crippen LogP contribution < -0.4 is 0 Å². The third kappa shape index (κ3) is 3.61. The van der Waals surface area contributed by atoms with E-state index in [9.17, 15) is 5.11 Å². The lowest BCUT2D eigenvalue weighted by Gasteiger charge is -2.32. The smallest absolute Gasteiger partial charge is 0.400 e. The van der Waals surface area contributed by atoms with Crippen LogP contribution in [0, 0.1) is 0 Å². The number of aliphatic hydroxyl groups excluding tert-OH is 2. The van der Waals surface area contributed by atoms with Gasteiger partial charge in [-0.1, -0.05) is 30.3 Å². The maximum absolute atomic E-state index is 9.67. The summed E-state index contributed by atoms with van der Waals surface area (Å²) in [6, 6.07) is 7.88. The molecule has 2 N–H and O–H groups in total. The molecule has 0 aromatic heterocycles. The highest BCUT2D eigenvalue weighted by Crippen LogP contribution is 2.38. The van der Waals surface area contributed by atoms with E-state index in [1.807, 2.05) is 58.0 Å². The fourth-order valence-corrected chi connectivity index (χ4v) is 2.31. The molecule has 120 valence electrons. The van der Waals surface area contributed by atoms with Crippen molar-refractivity contribution in [3.63, 3.8) is 0 Å². The zero-order valence-corrected chi connectivity index (χ0v) is 13.8. The summed E-state index contributed by atoms with van der Waals surface area (Å²) >= 11 is 0. The van der Waals surface area contributed by atoms with E-state index in [0.717, 1.165) is 11.1 Å². The van der Waals surface area contributed by atoms with Gasteiger partial charge in [0.1, 0.15) is 0 Å². The average Bonchev–Trinajstić information content (AvgIpc) is 2.67. The molecule has 0 unspecified atom stereocenters. The summed E-state index contributed by atoms with van der Waals surface area (Å²) in [7, 11) is -0.535. The van der Waals surface area contributed by atoms with Gasteiger partial charge in [0, 0.05) is 6.61 Å². The van der Waals surface area contributed by atoms with E-state index in [1.165, 1.54) is 0 Å². The topological polar surface area (TPSA) is 58.9 Å². The summed E-state index contributed by atoms with van der Waals surface area (Å²) in [5, 5.41) is 18.6. The molecular formula is C17H25BO4. The number of hydrogen-bond acceptors (Lipinski definition) is 4. The van der Waals surface area contributed by atoms with Crippen LogP contribution in [0.2, 0.25) is 0 Å². The van der Waals surface area contributed by atoms with Crippen LogP contribution in [0.4, 0.5) is 0 Å². The molecule has 0 aliphatic carbocycles. The zero-order valence-electron chi connectivity index (χ0n) is 13.8. The van der Waals surface area contributed by atoms with Crippen LogP contribution in [0.5, 0.6) is 0 Å². The van der Waals surface area contributed by atoms with Crippen LogP contribution >= 0.6 is 0 Å². The van der Waals surface area contributed by atoms with Crippen molar-refractivity contribution in [1.82, 2.24) is 0 Å². The minimum atomic E-state index is -0.535. The van der Waals surface area contributed by atoms with E-state index in [0.29, 0.717) is 11.9 Å². The van der Waals surface area contributed by atoms with Gasteiger partial charge in [-0.05, 0) is 50.7 Å². The molecule has 1 aromatic rings. The predicted molar refractivity (Wildman–Crippen MR) is 88.4 cm³/mol. The first-order valence-corrected chi connectivity index (χ1v) is 7.66. The van der Waals surface area contributed by atoms with Gasteiger partial charge in [0.25, 0.3) is 0 Å². The second-order valence-electron chi connectivity index (χ2n) is 6.68. The van der Waals surface area contributed by atoms with E-state index < -0.39 is 18.3 Å². The molecule has 0 saturated carbocycles. The van der Waals surface area contributed by atoms with Crippen LogP contribution in [0.1, 0.15) is 38.8 Å². The van der Waals surface area contributed by atoms with Crippen molar-refractivity contribution in [2.24, 2.45) is 0 Å². The lowest BCUT2D eigenvalue weighted by molar-refractivity contribution is 0.00578. The van der Waals surface area contributed by atoms with Crippen molar-refractivity contribution < 1.29 is 19.5 Å². The molecular weight excluding hydrogens is 279 g/mol. The molecule has 2 rings (SSSR count). The second kappa shape index (κ2) is 6.55. The number of hydrogen-bond donors (Lipinski definition) is 2. The summed E-state index contributed by atoms with van der Waals surface area (Å²) in [4.78, 5) is 0. The molecule has 1 saturated heterocycles. The molecule has 0 amide bonds. The summed E-state index contributed by atoms with van der Waals surface area (Å²) in [5.74, 6) is 0. The Hall–Kier alpha value is -1.14. The highest BCUT2D eigenvalue weighted by atomic mass is 16.7. The lowest BCUT2D eigenvalue weighted by Crippen LogP contribution is -2.41. The summed E-state index contributed by atoms with van der Waals surface area (Å²) in [6.45, 7) is 7.99. The number of benzene rings is 1. The van der Waals surface area contributed by atoms with Gasteiger partial charge in [-0.3, -0.25) is 0 Å². The number of rotatable bonds is 5. The SMILES string of the molecule is CC1(C)OB(C(=Cc2ccc(CCO)cc2)CO)OC1(C)C. The van der Waals surface area contributed by atoms with E-state index in [4.69, 9.17) is 14.4 Å². The fourth-order valence-electron chi connectivity index (χ4n) is 2.31. The standard InChI is InChI=1S/C17H25BO4/c1-16(2)17(3,4)22-18(21-16)15(12-20)11-14-7-5-13(6-8-14)9-10-19/h5-8,11,19-20H,9-10,12H2,1-4H3. The Labute approximate surface area is 132 Å². The largest absolute Gasteiger partial charge is 0.492 e. The predicted octanol–water partition coefficient (Wildman–Crippen LogP) is 2.23. The van der Waals surface area contributed by atoms with E-state index in [1.54, 1.807) is 0 Å². The van der Waals surface area contributed by atoms with Gasteiger partial charge >= 0.3 is 7.12 Å². The van der Waals surface area contributed by atoms with E-state index in [-0.39, 0.29) is 13.2 Å². The lowest BCUT2D eigenvalue weighted by atomic mass is 9.77. The van der Waals surface area contributed by atoms with E-state index in [2.05, 4.69) is 0 Å². The third-order valence-corrected chi connectivity index (χ3v) is 4.47. The van der Waals surface area contributed by atoms with Gasteiger partial charge in [0.2, 0.25) is 0 Å². The van der Waals surface area contributed by atoms with Gasteiger partial charge in [0.05, 0.1) is 17.8 Å². The molecule has 0 spiro atoms. The normalized spacial score (nSPS) is 20.5. The Morgan fingerprint density at radius 2 is 1.59 bits per heavy atom.